The van der Waals surface area contributed by atoms with Crippen LogP contribution in [-0.4, -0.2) is 27.4 Å². The highest BCUT2D eigenvalue weighted by molar-refractivity contribution is 7.52. The fourth-order valence-electron chi connectivity index (χ4n) is 2.57. The molecule has 0 amide bonds. The van der Waals surface area contributed by atoms with Gasteiger partial charge in [0, 0.05) is 13.8 Å². The van der Waals surface area contributed by atoms with Crippen LogP contribution in [0.1, 0.15) is 25.0 Å². The smallest absolute Gasteiger partial charge is 0.329 e. The maximum absolute atomic E-state index is 11.9. The molecule has 0 bridgehead atoms. The van der Waals surface area contributed by atoms with Gasteiger partial charge in [-0.3, -0.25) is 14.2 Å². The summed E-state index contributed by atoms with van der Waals surface area (Å²) < 4.78 is 21.8. The zero-order chi connectivity index (χ0) is 20.0. The second-order valence-electron chi connectivity index (χ2n) is 6.13. The number of hydrogen-bond donors (Lipinski definition) is 2. The van der Waals surface area contributed by atoms with Crippen LogP contribution >= 0.6 is 7.60 Å². The summed E-state index contributed by atoms with van der Waals surface area (Å²) in [6.45, 7) is 2.59. The van der Waals surface area contributed by atoms with Gasteiger partial charge in [-0.2, -0.15) is 0 Å². The van der Waals surface area contributed by atoms with E-state index in [1.807, 2.05) is 0 Å². The average Bonchev–Trinajstić information content (AvgIpc) is 2.56. The highest BCUT2D eigenvalue weighted by Crippen LogP contribution is 2.44. The Balaban J connectivity index is 2.10. The third-order valence-corrected chi connectivity index (χ3v) is 5.10. The molecular formula is C19H21O7P. The molecule has 8 heteroatoms. The second-order valence-corrected chi connectivity index (χ2v) is 8.03. The molecule has 2 aromatic carbocycles. The van der Waals surface area contributed by atoms with Gasteiger partial charge in [0.2, 0.25) is 0 Å². The second kappa shape index (κ2) is 8.95. The molecule has 0 aromatic heterocycles. The van der Waals surface area contributed by atoms with E-state index in [4.69, 9.17) is 9.47 Å². The van der Waals surface area contributed by atoms with E-state index < -0.39 is 25.2 Å². The number of rotatable bonds is 7. The normalized spacial score (nSPS) is 11.3. The van der Waals surface area contributed by atoms with Crippen LogP contribution < -0.4 is 9.47 Å². The van der Waals surface area contributed by atoms with Gasteiger partial charge in [0.1, 0.15) is 11.5 Å². The van der Waals surface area contributed by atoms with Crippen molar-refractivity contribution >= 4 is 19.5 Å². The molecule has 0 heterocycles. The molecule has 0 saturated carbocycles. The molecule has 0 saturated heterocycles. The lowest BCUT2D eigenvalue weighted by atomic mass is 10.0. The standard InChI is InChI=1S/C19H21O7P/c1-13(20)25-17-7-3-15(4-8-17)11-19(27(22,23)24)12-16-5-9-18(10-6-16)26-14(2)21/h3-10,19H,11-12H2,1-2H3,(H2,22,23,24). The first-order valence-corrected chi connectivity index (χ1v) is 9.91. The molecule has 27 heavy (non-hydrogen) atoms. The van der Waals surface area contributed by atoms with Gasteiger partial charge < -0.3 is 19.3 Å². The molecule has 0 aliphatic rings. The fourth-order valence-corrected chi connectivity index (χ4v) is 3.47. The highest BCUT2D eigenvalue weighted by atomic mass is 31.2. The maximum Gasteiger partial charge on any atom is 0.329 e. The van der Waals surface area contributed by atoms with Crippen molar-refractivity contribution in [3.05, 3.63) is 59.7 Å². The van der Waals surface area contributed by atoms with E-state index in [9.17, 15) is 23.9 Å². The summed E-state index contributed by atoms with van der Waals surface area (Å²) in [5.74, 6) is -0.124. The third kappa shape index (κ3) is 6.98. The molecule has 0 radical (unpaired) electrons. The lowest BCUT2D eigenvalue weighted by Crippen LogP contribution is -2.15. The summed E-state index contributed by atoms with van der Waals surface area (Å²) in [6.07, 6.45) is 0.326. The molecule has 0 atom stereocenters. The van der Waals surface area contributed by atoms with Crippen LogP contribution in [-0.2, 0) is 27.0 Å². The molecule has 2 aromatic rings. The highest BCUT2D eigenvalue weighted by Gasteiger charge is 2.29. The third-order valence-electron chi connectivity index (χ3n) is 3.79. The van der Waals surface area contributed by atoms with Crippen molar-refractivity contribution in [3.8, 4) is 11.5 Å². The molecule has 0 unspecified atom stereocenters. The number of carbonyl (C=O) groups is 2. The van der Waals surface area contributed by atoms with Crippen molar-refractivity contribution in [1.29, 1.82) is 0 Å². The van der Waals surface area contributed by atoms with E-state index in [0.717, 1.165) is 11.1 Å². The first-order valence-electron chi connectivity index (χ1n) is 8.23. The minimum absolute atomic E-state index is 0.163. The van der Waals surface area contributed by atoms with Crippen LogP contribution in [0.5, 0.6) is 11.5 Å². The Morgan fingerprint density at radius 2 is 1.15 bits per heavy atom. The quantitative estimate of drug-likeness (QED) is 0.423. The molecule has 0 aliphatic carbocycles. The van der Waals surface area contributed by atoms with Crippen LogP contribution in [0.4, 0.5) is 0 Å². The lowest BCUT2D eigenvalue weighted by Gasteiger charge is -2.19. The van der Waals surface area contributed by atoms with Gasteiger partial charge in [-0.05, 0) is 48.2 Å². The molecule has 0 fully saturated rings. The number of hydrogen-bond acceptors (Lipinski definition) is 5. The Morgan fingerprint density at radius 3 is 1.41 bits per heavy atom. The fraction of sp³-hybridized carbons (Fsp3) is 0.263. The van der Waals surface area contributed by atoms with Gasteiger partial charge in [-0.1, -0.05) is 24.3 Å². The van der Waals surface area contributed by atoms with Crippen LogP contribution in [0.25, 0.3) is 0 Å². The molecule has 0 aliphatic heterocycles. The van der Waals surface area contributed by atoms with Crippen LogP contribution in [0.3, 0.4) is 0 Å². The first-order chi connectivity index (χ1) is 12.6. The van der Waals surface area contributed by atoms with Crippen LogP contribution in [0.2, 0.25) is 0 Å². The number of esters is 2. The molecule has 0 spiro atoms. The van der Waals surface area contributed by atoms with E-state index in [-0.39, 0.29) is 12.8 Å². The lowest BCUT2D eigenvalue weighted by molar-refractivity contribution is -0.132. The van der Waals surface area contributed by atoms with Crippen molar-refractivity contribution in [2.75, 3.05) is 0 Å². The van der Waals surface area contributed by atoms with Gasteiger partial charge in [-0.25, -0.2) is 0 Å². The predicted octanol–water partition coefficient (Wildman–Crippen LogP) is 2.87. The Labute approximate surface area is 157 Å². The van der Waals surface area contributed by atoms with Crippen molar-refractivity contribution in [2.45, 2.75) is 32.3 Å². The summed E-state index contributed by atoms with van der Waals surface area (Å²) in [5, 5.41) is 0. The SMILES string of the molecule is CC(=O)Oc1ccc(CC(Cc2ccc(OC(C)=O)cc2)P(=O)(O)O)cc1. The van der Waals surface area contributed by atoms with Gasteiger partial charge in [0.05, 0.1) is 5.66 Å². The van der Waals surface area contributed by atoms with Crippen molar-refractivity contribution < 1.29 is 33.4 Å². The molecule has 7 nitrogen and oxygen atoms in total. The number of benzene rings is 2. The zero-order valence-electron chi connectivity index (χ0n) is 15.0. The Kier molecular flexibility index (Phi) is 6.91. The Morgan fingerprint density at radius 1 is 0.815 bits per heavy atom. The number of ether oxygens (including phenoxy) is 2. The Hall–Kier alpha value is -2.47. The molecule has 2 N–H and O–H groups in total. The molecular weight excluding hydrogens is 371 g/mol. The van der Waals surface area contributed by atoms with Crippen LogP contribution in [0, 0.1) is 0 Å². The summed E-state index contributed by atoms with van der Waals surface area (Å²) in [5.41, 5.74) is 0.531. The summed E-state index contributed by atoms with van der Waals surface area (Å²) in [6, 6.07) is 13.0. The number of carbonyl (C=O) groups excluding carboxylic acids is 2. The minimum Gasteiger partial charge on any atom is -0.427 e. The summed E-state index contributed by atoms with van der Waals surface area (Å²) >= 11 is 0. The largest absolute Gasteiger partial charge is 0.427 e. The van der Waals surface area contributed by atoms with E-state index in [2.05, 4.69) is 0 Å². The van der Waals surface area contributed by atoms with Crippen LogP contribution in [0.15, 0.2) is 48.5 Å². The summed E-state index contributed by atoms with van der Waals surface area (Å²) in [4.78, 5) is 41.3. The zero-order valence-corrected chi connectivity index (χ0v) is 15.9. The predicted molar refractivity (Wildman–Crippen MR) is 98.7 cm³/mol. The van der Waals surface area contributed by atoms with Crippen molar-refractivity contribution in [1.82, 2.24) is 0 Å². The van der Waals surface area contributed by atoms with Gasteiger partial charge in [0.15, 0.2) is 0 Å². The average molecular weight is 392 g/mol. The van der Waals surface area contributed by atoms with E-state index in [0.29, 0.717) is 11.5 Å². The monoisotopic (exact) mass is 392 g/mol. The topological polar surface area (TPSA) is 110 Å². The van der Waals surface area contributed by atoms with Crippen molar-refractivity contribution in [3.63, 3.8) is 0 Å². The van der Waals surface area contributed by atoms with Gasteiger partial charge in [-0.15, -0.1) is 0 Å². The van der Waals surface area contributed by atoms with Gasteiger partial charge in [0.25, 0.3) is 0 Å². The molecule has 2 rings (SSSR count). The van der Waals surface area contributed by atoms with Crippen molar-refractivity contribution in [2.24, 2.45) is 0 Å². The molecule has 144 valence electrons. The minimum atomic E-state index is -4.35. The first kappa shape index (κ1) is 20.8. The van der Waals surface area contributed by atoms with E-state index in [1.54, 1.807) is 48.5 Å². The Bertz CT molecular complexity index is 776. The van der Waals surface area contributed by atoms with E-state index >= 15 is 0 Å². The van der Waals surface area contributed by atoms with Gasteiger partial charge >= 0.3 is 19.5 Å². The maximum atomic E-state index is 11.9. The summed E-state index contributed by atoms with van der Waals surface area (Å²) in [7, 11) is -4.35. The van der Waals surface area contributed by atoms with E-state index in [1.165, 1.54) is 13.8 Å².